The number of rotatable bonds is 6. The van der Waals surface area contributed by atoms with E-state index in [0.717, 1.165) is 12.0 Å². The van der Waals surface area contributed by atoms with Crippen molar-refractivity contribution in [3.63, 3.8) is 0 Å². The first-order valence-electron chi connectivity index (χ1n) is 8.78. The maximum Gasteiger partial charge on any atom is 0.313 e. The van der Waals surface area contributed by atoms with Crippen LogP contribution in [0, 0.1) is 0 Å². The molecule has 1 aliphatic rings. The number of nitrogens with one attached hydrogen (secondary N) is 1. The topological polar surface area (TPSA) is 86.8 Å². The second-order valence-electron chi connectivity index (χ2n) is 6.82. The molecule has 0 radical (unpaired) electrons. The molecule has 1 fully saturated rings. The van der Waals surface area contributed by atoms with E-state index in [2.05, 4.69) is 5.32 Å². The average Bonchev–Trinajstić information content (AvgIpc) is 2.94. The van der Waals surface area contributed by atoms with Gasteiger partial charge in [-0.2, -0.15) is 0 Å². The van der Waals surface area contributed by atoms with Gasteiger partial charge in [-0.25, -0.2) is 8.42 Å². The number of anilines is 1. The molecule has 26 heavy (non-hydrogen) atoms. The molecule has 0 saturated carbocycles. The van der Waals surface area contributed by atoms with Crippen LogP contribution in [-0.2, 0) is 25.8 Å². The lowest BCUT2D eigenvalue weighted by Crippen LogP contribution is -2.49. The zero-order valence-corrected chi connectivity index (χ0v) is 16.4. The Morgan fingerprint density at radius 2 is 1.88 bits per heavy atom. The number of aryl methyl sites for hydroxylation is 1. The average molecular weight is 381 g/mol. The Hall–Kier alpha value is -1.93. The van der Waals surface area contributed by atoms with Crippen LogP contribution in [0.3, 0.4) is 0 Å². The van der Waals surface area contributed by atoms with Crippen molar-refractivity contribution >= 4 is 27.3 Å². The fourth-order valence-corrected chi connectivity index (χ4v) is 4.77. The second-order valence-corrected chi connectivity index (χ2v) is 9.05. The standard InChI is InChI=1S/C18H27N3O4S/c1-4-14-7-5-6-8-16(14)19-17(22)18(23)21(11-10-20(2)3)15-9-12-26(24,25)13-15/h5-8,15H,4,9-13H2,1-3H3,(H,19,22). The lowest BCUT2D eigenvalue weighted by molar-refractivity contribution is -0.144. The molecule has 1 atom stereocenters. The highest BCUT2D eigenvalue weighted by Gasteiger charge is 2.36. The summed E-state index contributed by atoms with van der Waals surface area (Å²) >= 11 is 0. The summed E-state index contributed by atoms with van der Waals surface area (Å²) in [4.78, 5) is 28.6. The Labute approximate surface area is 155 Å². The zero-order valence-electron chi connectivity index (χ0n) is 15.6. The third-order valence-corrected chi connectivity index (χ3v) is 6.29. The van der Waals surface area contributed by atoms with Crippen molar-refractivity contribution in [1.82, 2.24) is 9.80 Å². The maximum atomic E-state index is 12.8. The first-order valence-corrected chi connectivity index (χ1v) is 10.6. The molecule has 1 aliphatic heterocycles. The van der Waals surface area contributed by atoms with Gasteiger partial charge in [0.1, 0.15) is 0 Å². The number of nitrogens with zero attached hydrogens (tertiary/aromatic N) is 2. The molecule has 1 unspecified atom stereocenters. The Bertz CT molecular complexity index is 761. The molecule has 0 aromatic heterocycles. The van der Waals surface area contributed by atoms with Crippen LogP contribution in [0.1, 0.15) is 18.9 Å². The number of hydrogen-bond donors (Lipinski definition) is 1. The Morgan fingerprint density at radius 3 is 2.46 bits per heavy atom. The molecular weight excluding hydrogens is 354 g/mol. The monoisotopic (exact) mass is 381 g/mol. The van der Waals surface area contributed by atoms with Gasteiger partial charge in [-0.3, -0.25) is 9.59 Å². The van der Waals surface area contributed by atoms with E-state index in [0.29, 0.717) is 25.2 Å². The molecule has 144 valence electrons. The first-order chi connectivity index (χ1) is 12.2. The predicted octanol–water partition coefficient (Wildman–Crippen LogP) is 0.765. The molecule has 0 spiro atoms. The molecule has 1 heterocycles. The number of sulfone groups is 1. The van der Waals surface area contributed by atoms with E-state index in [1.807, 2.05) is 38.1 Å². The molecule has 7 nitrogen and oxygen atoms in total. The number of amides is 2. The van der Waals surface area contributed by atoms with Crippen molar-refractivity contribution in [3.05, 3.63) is 29.8 Å². The van der Waals surface area contributed by atoms with Crippen molar-refractivity contribution in [2.75, 3.05) is 44.0 Å². The summed E-state index contributed by atoms with van der Waals surface area (Å²) in [6.45, 7) is 2.84. The van der Waals surface area contributed by atoms with Gasteiger partial charge in [-0.05, 0) is 38.6 Å². The number of carbonyl (C=O) groups excluding carboxylic acids is 2. The van der Waals surface area contributed by atoms with Gasteiger partial charge in [0.2, 0.25) is 0 Å². The van der Waals surface area contributed by atoms with Crippen molar-refractivity contribution in [2.24, 2.45) is 0 Å². The zero-order chi connectivity index (χ0) is 19.3. The lowest BCUT2D eigenvalue weighted by atomic mass is 10.1. The molecule has 2 amide bonds. The molecule has 1 aromatic carbocycles. The van der Waals surface area contributed by atoms with E-state index >= 15 is 0 Å². The van der Waals surface area contributed by atoms with E-state index in [4.69, 9.17) is 0 Å². The van der Waals surface area contributed by atoms with Gasteiger partial charge in [-0.1, -0.05) is 25.1 Å². The lowest BCUT2D eigenvalue weighted by Gasteiger charge is -2.29. The molecule has 1 aromatic rings. The summed E-state index contributed by atoms with van der Waals surface area (Å²) in [6.07, 6.45) is 1.11. The van der Waals surface area contributed by atoms with E-state index in [1.54, 1.807) is 12.1 Å². The fraction of sp³-hybridized carbons (Fsp3) is 0.556. The number of carbonyl (C=O) groups is 2. The van der Waals surface area contributed by atoms with Gasteiger partial charge in [0, 0.05) is 24.8 Å². The van der Waals surface area contributed by atoms with E-state index in [9.17, 15) is 18.0 Å². The van der Waals surface area contributed by atoms with Crippen LogP contribution in [0.15, 0.2) is 24.3 Å². The van der Waals surface area contributed by atoms with Gasteiger partial charge in [-0.15, -0.1) is 0 Å². The molecule has 0 bridgehead atoms. The Balaban J connectivity index is 2.15. The van der Waals surface area contributed by atoms with Gasteiger partial charge in [0.25, 0.3) is 0 Å². The van der Waals surface area contributed by atoms with Crippen LogP contribution in [0.4, 0.5) is 5.69 Å². The number of likely N-dealkylation sites (N-methyl/N-ethyl adjacent to an activating group) is 1. The third kappa shape index (κ3) is 5.28. The summed E-state index contributed by atoms with van der Waals surface area (Å²) in [5.74, 6) is -1.43. The van der Waals surface area contributed by atoms with Crippen LogP contribution in [-0.4, -0.2) is 74.8 Å². The second kappa shape index (κ2) is 8.64. The van der Waals surface area contributed by atoms with Crippen LogP contribution in [0.2, 0.25) is 0 Å². The number of benzene rings is 1. The highest BCUT2D eigenvalue weighted by molar-refractivity contribution is 7.91. The van der Waals surface area contributed by atoms with Gasteiger partial charge in [0.05, 0.1) is 11.5 Å². The molecule has 8 heteroatoms. The smallest absolute Gasteiger partial charge is 0.313 e. The van der Waals surface area contributed by atoms with Crippen LogP contribution >= 0.6 is 0 Å². The van der Waals surface area contributed by atoms with Crippen LogP contribution in [0.25, 0.3) is 0 Å². The van der Waals surface area contributed by atoms with Crippen molar-refractivity contribution in [1.29, 1.82) is 0 Å². The molecule has 1 saturated heterocycles. The van der Waals surface area contributed by atoms with Crippen LogP contribution < -0.4 is 5.32 Å². The minimum absolute atomic E-state index is 0.0592. The Morgan fingerprint density at radius 1 is 1.19 bits per heavy atom. The van der Waals surface area contributed by atoms with Crippen molar-refractivity contribution < 1.29 is 18.0 Å². The predicted molar refractivity (Wildman–Crippen MR) is 102 cm³/mol. The first kappa shape index (κ1) is 20.4. The highest BCUT2D eigenvalue weighted by atomic mass is 32.2. The summed E-state index contributed by atoms with van der Waals surface area (Å²) < 4.78 is 23.6. The number of hydrogen-bond acceptors (Lipinski definition) is 5. The Kier molecular flexibility index (Phi) is 6.77. The van der Waals surface area contributed by atoms with E-state index in [-0.39, 0.29) is 11.5 Å². The van der Waals surface area contributed by atoms with E-state index < -0.39 is 27.7 Å². The molecular formula is C18H27N3O4S. The van der Waals surface area contributed by atoms with Gasteiger partial charge < -0.3 is 15.1 Å². The summed E-state index contributed by atoms with van der Waals surface area (Å²) in [5, 5.41) is 2.68. The summed E-state index contributed by atoms with van der Waals surface area (Å²) in [7, 11) is 0.586. The molecule has 0 aliphatic carbocycles. The third-order valence-electron chi connectivity index (χ3n) is 4.54. The van der Waals surface area contributed by atoms with Crippen molar-refractivity contribution in [3.8, 4) is 0 Å². The van der Waals surface area contributed by atoms with Gasteiger partial charge >= 0.3 is 11.8 Å². The minimum atomic E-state index is -3.15. The molecule has 1 N–H and O–H groups in total. The van der Waals surface area contributed by atoms with Gasteiger partial charge in [0.15, 0.2) is 9.84 Å². The minimum Gasteiger partial charge on any atom is -0.329 e. The fourth-order valence-electron chi connectivity index (χ4n) is 3.04. The van der Waals surface area contributed by atoms with E-state index in [1.165, 1.54) is 4.90 Å². The highest BCUT2D eigenvalue weighted by Crippen LogP contribution is 2.19. The normalized spacial score (nSPS) is 18.7. The van der Waals surface area contributed by atoms with Crippen LogP contribution in [0.5, 0.6) is 0 Å². The molecule has 2 rings (SSSR count). The summed E-state index contributed by atoms with van der Waals surface area (Å²) in [6, 6.07) is 6.89. The SMILES string of the molecule is CCc1ccccc1NC(=O)C(=O)N(CCN(C)C)C1CCS(=O)(=O)C1. The van der Waals surface area contributed by atoms with Crippen molar-refractivity contribution in [2.45, 2.75) is 25.8 Å². The quantitative estimate of drug-likeness (QED) is 0.736. The maximum absolute atomic E-state index is 12.8. The largest absolute Gasteiger partial charge is 0.329 e. The number of para-hydroxylation sites is 1. The summed E-state index contributed by atoms with van der Waals surface area (Å²) in [5.41, 5.74) is 1.55.